The Kier molecular flexibility index (Phi) is 4.52. The van der Waals surface area contributed by atoms with Gasteiger partial charge >= 0.3 is 0 Å². The Balaban J connectivity index is 1.41. The summed E-state index contributed by atoms with van der Waals surface area (Å²) in [6.07, 6.45) is 4.08. The van der Waals surface area contributed by atoms with E-state index in [9.17, 15) is 0 Å². The van der Waals surface area contributed by atoms with Crippen LogP contribution in [0, 0.1) is 0 Å². The summed E-state index contributed by atoms with van der Waals surface area (Å²) in [6, 6.07) is 45.3. The normalized spacial score (nSPS) is 11.7. The molecule has 0 spiro atoms. The molecule has 0 saturated heterocycles. The zero-order chi connectivity index (χ0) is 25.1. The van der Waals surface area contributed by atoms with Crippen LogP contribution < -0.4 is 0 Å². The van der Waals surface area contributed by atoms with Crippen molar-refractivity contribution in [3.8, 4) is 22.6 Å². The predicted molar refractivity (Wildman–Crippen MR) is 158 cm³/mol. The van der Waals surface area contributed by atoms with Gasteiger partial charge in [-0.25, -0.2) is 4.98 Å². The van der Waals surface area contributed by atoms with E-state index in [2.05, 4.69) is 143 Å². The van der Waals surface area contributed by atoms with E-state index in [4.69, 9.17) is 4.98 Å². The van der Waals surface area contributed by atoms with Gasteiger partial charge in [0.15, 0.2) is 0 Å². The van der Waals surface area contributed by atoms with Crippen LogP contribution in [-0.4, -0.2) is 14.1 Å². The van der Waals surface area contributed by atoms with E-state index in [1.807, 2.05) is 6.20 Å². The molecule has 0 aliphatic carbocycles. The smallest absolute Gasteiger partial charge is 0.138 e. The second-order valence-electron chi connectivity index (χ2n) is 9.70. The first-order chi connectivity index (χ1) is 18.9. The van der Waals surface area contributed by atoms with Crippen LogP contribution in [0.1, 0.15) is 0 Å². The molecular formula is C35H23N3. The lowest BCUT2D eigenvalue weighted by Gasteiger charge is -2.10. The first-order valence-corrected chi connectivity index (χ1v) is 12.9. The number of aromatic nitrogens is 3. The topological polar surface area (TPSA) is 22.8 Å². The summed E-state index contributed by atoms with van der Waals surface area (Å²) in [5.41, 5.74) is 7.06. The minimum Gasteiger partial charge on any atom is -0.317 e. The van der Waals surface area contributed by atoms with Crippen LogP contribution in [0.25, 0.3) is 66.1 Å². The van der Waals surface area contributed by atoms with Crippen molar-refractivity contribution in [1.29, 1.82) is 0 Å². The maximum Gasteiger partial charge on any atom is 0.138 e. The van der Waals surface area contributed by atoms with Gasteiger partial charge in [0, 0.05) is 34.2 Å². The van der Waals surface area contributed by atoms with Gasteiger partial charge < -0.3 is 4.57 Å². The summed E-state index contributed by atoms with van der Waals surface area (Å²) in [7, 11) is 0. The quantitative estimate of drug-likeness (QED) is 0.245. The Morgan fingerprint density at radius 2 is 1.21 bits per heavy atom. The van der Waals surface area contributed by atoms with Crippen LogP contribution in [0.3, 0.4) is 0 Å². The molecule has 0 atom stereocenters. The summed E-state index contributed by atoms with van der Waals surface area (Å²) in [4.78, 5) is 4.83. The zero-order valence-corrected chi connectivity index (χ0v) is 20.6. The van der Waals surface area contributed by atoms with Crippen molar-refractivity contribution >= 4 is 43.5 Å². The molecule has 0 radical (unpaired) electrons. The Bertz CT molecular complexity index is 2120. The lowest BCUT2D eigenvalue weighted by atomic mass is 10.0. The Labute approximate surface area is 219 Å². The van der Waals surface area contributed by atoms with Gasteiger partial charge in [0.1, 0.15) is 5.82 Å². The molecule has 0 fully saturated rings. The van der Waals surface area contributed by atoms with Gasteiger partial charge in [-0.15, -0.1) is 0 Å². The number of pyridine rings is 1. The van der Waals surface area contributed by atoms with Gasteiger partial charge in [0.25, 0.3) is 0 Å². The molecule has 0 N–H and O–H groups in total. The number of hydrogen-bond donors (Lipinski definition) is 0. The maximum absolute atomic E-state index is 4.83. The van der Waals surface area contributed by atoms with Crippen LogP contribution in [0.5, 0.6) is 0 Å². The van der Waals surface area contributed by atoms with Gasteiger partial charge in [0.2, 0.25) is 0 Å². The molecule has 0 unspecified atom stereocenters. The zero-order valence-electron chi connectivity index (χ0n) is 20.6. The molecule has 0 amide bonds. The fourth-order valence-corrected chi connectivity index (χ4v) is 5.91. The Morgan fingerprint density at radius 3 is 2.08 bits per heavy atom. The molecule has 0 aliphatic heterocycles. The molecule has 3 aromatic heterocycles. The van der Waals surface area contributed by atoms with E-state index in [1.165, 1.54) is 49.2 Å². The Hall–Kier alpha value is -5.15. The van der Waals surface area contributed by atoms with Gasteiger partial charge in [0.05, 0.1) is 16.6 Å². The SMILES string of the molecule is c1ccc(-c2ccnc(-n3c4ccccc4c4c5ccc6c(ccn6-c6ccccc6)c5ccc43)c2)cc1. The molecule has 3 heteroatoms. The molecule has 3 nitrogen and oxygen atoms in total. The standard InChI is InChI=1S/C35H23N3/c1-3-9-24(10-4-1)25-19-21-36-34(23-25)38-32-14-8-7-13-30(32)35-29-16-17-31-28(27(29)15-18-33(35)38)20-22-37(31)26-11-5-2-6-12-26/h1-23H. The van der Waals surface area contributed by atoms with Gasteiger partial charge in [-0.1, -0.05) is 78.9 Å². The molecule has 0 bridgehead atoms. The molecule has 0 saturated carbocycles. The third-order valence-corrected chi connectivity index (χ3v) is 7.62. The van der Waals surface area contributed by atoms with Crippen molar-refractivity contribution in [2.75, 3.05) is 0 Å². The number of benzene rings is 5. The number of nitrogens with zero attached hydrogens (tertiary/aromatic N) is 3. The highest BCUT2D eigenvalue weighted by molar-refractivity contribution is 6.25. The number of para-hydroxylation sites is 2. The highest BCUT2D eigenvalue weighted by Crippen LogP contribution is 2.39. The summed E-state index contributed by atoms with van der Waals surface area (Å²) in [5.74, 6) is 0.924. The van der Waals surface area contributed by atoms with E-state index in [-0.39, 0.29) is 0 Å². The second kappa shape index (κ2) is 8.19. The van der Waals surface area contributed by atoms with Gasteiger partial charge in [-0.3, -0.25) is 4.57 Å². The number of fused-ring (bicyclic) bond motifs is 7. The summed E-state index contributed by atoms with van der Waals surface area (Å²) >= 11 is 0. The third kappa shape index (κ3) is 3.06. The lowest BCUT2D eigenvalue weighted by Crippen LogP contribution is -1.97. The molecule has 0 aliphatic rings. The van der Waals surface area contributed by atoms with Crippen molar-refractivity contribution < 1.29 is 0 Å². The molecule has 8 rings (SSSR count). The van der Waals surface area contributed by atoms with E-state index in [0.29, 0.717) is 0 Å². The fourth-order valence-electron chi connectivity index (χ4n) is 5.91. The predicted octanol–water partition coefficient (Wildman–Crippen LogP) is 8.94. The van der Waals surface area contributed by atoms with Crippen LogP contribution in [0.15, 0.2) is 140 Å². The van der Waals surface area contributed by atoms with E-state index in [0.717, 1.165) is 16.9 Å². The number of rotatable bonds is 3. The highest BCUT2D eigenvalue weighted by atomic mass is 15.1. The monoisotopic (exact) mass is 485 g/mol. The lowest BCUT2D eigenvalue weighted by molar-refractivity contribution is 1.08. The van der Waals surface area contributed by atoms with Crippen molar-refractivity contribution in [2.24, 2.45) is 0 Å². The molecule has 5 aromatic carbocycles. The first kappa shape index (κ1) is 21.0. The van der Waals surface area contributed by atoms with Crippen LogP contribution in [0.4, 0.5) is 0 Å². The van der Waals surface area contributed by atoms with Gasteiger partial charge in [-0.2, -0.15) is 0 Å². The average molecular weight is 486 g/mol. The van der Waals surface area contributed by atoms with Crippen LogP contribution in [0.2, 0.25) is 0 Å². The summed E-state index contributed by atoms with van der Waals surface area (Å²) in [5, 5.41) is 6.28. The summed E-state index contributed by atoms with van der Waals surface area (Å²) < 4.78 is 4.57. The van der Waals surface area contributed by atoms with E-state index < -0.39 is 0 Å². The number of hydrogen-bond acceptors (Lipinski definition) is 1. The maximum atomic E-state index is 4.83. The molecule has 38 heavy (non-hydrogen) atoms. The molecule has 8 aromatic rings. The van der Waals surface area contributed by atoms with Crippen LogP contribution in [-0.2, 0) is 0 Å². The Morgan fingerprint density at radius 1 is 0.474 bits per heavy atom. The highest BCUT2D eigenvalue weighted by Gasteiger charge is 2.17. The van der Waals surface area contributed by atoms with Crippen molar-refractivity contribution in [3.05, 3.63) is 140 Å². The fraction of sp³-hybridized carbons (Fsp3) is 0. The first-order valence-electron chi connectivity index (χ1n) is 12.9. The molecule has 3 heterocycles. The third-order valence-electron chi connectivity index (χ3n) is 7.62. The second-order valence-corrected chi connectivity index (χ2v) is 9.70. The van der Waals surface area contributed by atoms with E-state index in [1.54, 1.807) is 0 Å². The van der Waals surface area contributed by atoms with Crippen molar-refractivity contribution in [1.82, 2.24) is 14.1 Å². The molecule has 178 valence electrons. The minimum atomic E-state index is 0.924. The largest absolute Gasteiger partial charge is 0.317 e. The van der Waals surface area contributed by atoms with Crippen molar-refractivity contribution in [2.45, 2.75) is 0 Å². The van der Waals surface area contributed by atoms with E-state index >= 15 is 0 Å². The minimum absolute atomic E-state index is 0.924. The van der Waals surface area contributed by atoms with Gasteiger partial charge in [-0.05, 0) is 70.4 Å². The average Bonchev–Trinajstić information content (AvgIpc) is 3.58. The van der Waals surface area contributed by atoms with Crippen LogP contribution >= 0.6 is 0 Å². The van der Waals surface area contributed by atoms with Crippen molar-refractivity contribution in [3.63, 3.8) is 0 Å². The molecular weight excluding hydrogens is 462 g/mol. The summed E-state index contributed by atoms with van der Waals surface area (Å²) in [6.45, 7) is 0.